The number of anilines is 1. The molecule has 15 heavy (non-hydrogen) atoms. The van der Waals surface area contributed by atoms with Gasteiger partial charge in [0.25, 0.3) is 0 Å². The fraction of sp³-hybridized carbons (Fsp3) is 0.600. The topological polar surface area (TPSA) is 63.8 Å². The van der Waals surface area contributed by atoms with Gasteiger partial charge in [0.05, 0.1) is 17.4 Å². The second kappa shape index (κ2) is 4.77. The van der Waals surface area contributed by atoms with E-state index in [2.05, 4.69) is 15.3 Å². The zero-order chi connectivity index (χ0) is 10.7. The lowest BCUT2D eigenvalue weighted by molar-refractivity contribution is 0.504. The van der Waals surface area contributed by atoms with E-state index in [1.165, 1.54) is 12.8 Å². The van der Waals surface area contributed by atoms with Crippen molar-refractivity contribution in [3.05, 3.63) is 17.4 Å². The maximum atomic E-state index is 5.97. The number of aromatic nitrogens is 2. The molecule has 1 aliphatic carbocycles. The minimum atomic E-state index is 0.324. The summed E-state index contributed by atoms with van der Waals surface area (Å²) in [5.41, 5.74) is 5.97. The average molecular weight is 227 g/mol. The Balaban J connectivity index is 1.85. The van der Waals surface area contributed by atoms with Gasteiger partial charge in [-0.25, -0.2) is 9.97 Å². The maximum Gasteiger partial charge on any atom is 0.222 e. The van der Waals surface area contributed by atoms with Gasteiger partial charge in [-0.3, -0.25) is 0 Å². The number of halogens is 1. The Morgan fingerprint density at radius 1 is 1.40 bits per heavy atom. The second-order valence-electron chi connectivity index (χ2n) is 3.96. The van der Waals surface area contributed by atoms with Gasteiger partial charge < -0.3 is 11.1 Å². The van der Waals surface area contributed by atoms with Crippen molar-refractivity contribution >= 4 is 17.5 Å². The summed E-state index contributed by atoms with van der Waals surface area (Å²) in [6, 6.07) is 0.324. The molecule has 0 bridgehead atoms. The first-order valence-corrected chi connectivity index (χ1v) is 5.60. The lowest BCUT2D eigenvalue weighted by Gasteiger charge is -2.15. The molecule has 0 amide bonds. The van der Waals surface area contributed by atoms with E-state index < -0.39 is 0 Å². The van der Waals surface area contributed by atoms with Gasteiger partial charge in [-0.2, -0.15) is 0 Å². The van der Waals surface area contributed by atoms with Crippen molar-refractivity contribution in [1.82, 2.24) is 9.97 Å². The largest absolute Gasteiger partial charge is 0.354 e. The molecule has 1 fully saturated rings. The molecule has 1 heterocycles. The molecule has 2 rings (SSSR count). The Morgan fingerprint density at radius 2 is 2.13 bits per heavy atom. The van der Waals surface area contributed by atoms with Gasteiger partial charge in [0.1, 0.15) is 0 Å². The smallest absolute Gasteiger partial charge is 0.222 e. The number of hydrogen-bond acceptors (Lipinski definition) is 4. The molecule has 1 aromatic rings. The van der Waals surface area contributed by atoms with E-state index in [0.29, 0.717) is 22.9 Å². The molecule has 0 aromatic carbocycles. The summed E-state index contributed by atoms with van der Waals surface area (Å²) >= 11 is 5.69. The number of nitrogens with two attached hydrogens (primary N) is 1. The van der Waals surface area contributed by atoms with Crippen LogP contribution in [0.25, 0.3) is 0 Å². The van der Waals surface area contributed by atoms with Crippen molar-refractivity contribution in [2.45, 2.75) is 25.3 Å². The van der Waals surface area contributed by atoms with Gasteiger partial charge in [-0.05, 0) is 18.8 Å². The monoisotopic (exact) mass is 226 g/mol. The van der Waals surface area contributed by atoms with Crippen LogP contribution in [0.2, 0.25) is 5.02 Å². The summed E-state index contributed by atoms with van der Waals surface area (Å²) in [4.78, 5) is 8.14. The van der Waals surface area contributed by atoms with Crippen molar-refractivity contribution in [2.24, 2.45) is 11.7 Å². The van der Waals surface area contributed by atoms with Crippen molar-refractivity contribution in [1.29, 1.82) is 0 Å². The SMILES string of the molecule is NC1CCCC1CNc1ncc(Cl)cn1. The summed E-state index contributed by atoms with van der Waals surface area (Å²) in [6.45, 7) is 0.850. The molecule has 3 N–H and O–H groups in total. The molecule has 4 nitrogen and oxygen atoms in total. The highest BCUT2D eigenvalue weighted by Crippen LogP contribution is 2.23. The maximum absolute atomic E-state index is 5.97. The minimum Gasteiger partial charge on any atom is -0.354 e. The first-order valence-electron chi connectivity index (χ1n) is 5.22. The van der Waals surface area contributed by atoms with E-state index in [4.69, 9.17) is 17.3 Å². The lowest BCUT2D eigenvalue weighted by atomic mass is 10.1. The zero-order valence-electron chi connectivity index (χ0n) is 8.49. The van der Waals surface area contributed by atoms with Crippen molar-refractivity contribution in [2.75, 3.05) is 11.9 Å². The summed E-state index contributed by atoms with van der Waals surface area (Å²) in [5, 5.41) is 3.74. The van der Waals surface area contributed by atoms with Gasteiger partial charge in [0, 0.05) is 12.6 Å². The highest BCUT2D eigenvalue weighted by atomic mass is 35.5. The predicted molar refractivity (Wildman–Crippen MR) is 60.8 cm³/mol. The third kappa shape index (κ3) is 2.79. The predicted octanol–water partition coefficient (Wildman–Crippen LogP) is 1.67. The van der Waals surface area contributed by atoms with E-state index in [1.807, 2.05) is 0 Å². The summed E-state index contributed by atoms with van der Waals surface area (Å²) in [7, 11) is 0. The molecule has 82 valence electrons. The first-order chi connectivity index (χ1) is 7.25. The van der Waals surface area contributed by atoms with Crippen LogP contribution in [0.4, 0.5) is 5.95 Å². The number of nitrogens with zero attached hydrogens (tertiary/aromatic N) is 2. The third-order valence-corrected chi connectivity index (χ3v) is 3.06. The summed E-state index contributed by atoms with van der Waals surface area (Å²) in [6.07, 6.45) is 6.74. The van der Waals surface area contributed by atoms with Crippen molar-refractivity contribution in [3.63, 3.8) is 0 Å². The van der Waals surface area contributed by atoms with Crippen LogP contribution < -0.4 is 11.1 Å². The highest BCUT2D eigenvalue weighted by molar-refractivity contribution is 6.30. The fourth-order valence-corrected chi connectivity index (χ4v) is 2.04. The molecule has 2 unspecified atom stereocenters. The summed E-state index contributed by atoms with van der Waals surface area (Å²) < 4.78 is 0. The Kier molecular flexibility index (Phi) is 3.38. The van der Waals surface area contributed by atoms with Gasteiger partial charge >= 0.3 is 0 Å². The Morgan fingerprint density at radius 3 is 2.73 bits per heavy atom. The molecule has 5 heteroatoms. The Bertz CT molecular complexity index is 314. The van der Waals surface area contributed by atoms with Crippen LogP contribution >= 0.6 is 11.6 Å². The number of nitrogens with one attached hydrogen (secondary N) is 1. The number of rotatable bonds is 3. The van der Waals surface area contributed by atoms with Gasteiger partial charge in [0.2, 0.25) is 5.95 Å². The first kappa shape index (κ1) is 10.6. The van der Waals surface area contributed by atoms with Crippen LogP contribution in [0.15, 0.2) is 12.4 Å². The molecule has 0 aliphatic heterocycles. The molecule has 0 radical (unpaired) electrons. The molecular weight excluding hydrogens is 212 g/mol. The van der Waals surface area contributed by atoms with Crippen LogP contribution in [0.3, 0.4) is 0 Å². The molecule has 0 saturated heterocycles. The van der Waals surface area contributed by atoms with E-state index in [9.17, 15) is 0 Å². The Hall–Kier alpha value is -0.870. The zero-order valence-corrected chi connectivity index (χ0v) is 9.24. The highest BCUT2D eigenvalue weighted by Gasteiger charge is 2.23. The van der Waals surface area contributed by atoms with E-state index in [-0.39, 0.29) is 0 Å². The molecule has 1 saturated carbocycles. The molecule has 2 atom stereocenters. The van der Waals surface area contributed by atoms with Crippen LogP contribution in [0.1, 0.15) is 19.3 Å². The minimum absolute atomic E-state index is 0.324. The van der Waals surface area contributed by atoms with Gasteiger partial charge in [0.15, 0.2) is 0 Å². The van der Waals surface area contributed by atoms with Crippen molar-refractivity contribution < 1.29 is 0 Å². The van der Waals surface area contributed by atoms with Crippen LogP contribution in [-0.2, 0) is 0 Å². The average Bonchev–Trinajstić information content (AvgIpc) is 2.63. The number of hydrogen-bond donors (Lipinski definition) is 2. The standard InChI is InChI=1S/C10H15ClN4/c11-8-5-14-10(15-6-8)13-4-7-2-1-3-9(7)12/h5-7,9H,1-4,12H2,(H,13,14,15). The molecule has 0 spiro atoms. The second-order valence-corrected chi connectivity index (χ2v) is 4.40. The lowest BCUT2D eigenvalue weighted by Crippen LogP contribution is -2.29. The van der Waals surface area contributed by atoms with Crippen molar-refractivity contribution in [3.8, 4) is 0 Å². The van der Waals surface area contributed by atoms with Crippen LogP contribution in [0, 0.1) is 5.92 Å². The normalized spacial score (nSPS) is 25.5. The molecular formula is C10H15ClN4. The van der Waals surface area contributed by atoms with Gasteiger partial charge in [-0.15, -0.1) is 0 Å². The molecule has 1 aliphatic rings. The van der Waals surface area contributed by atoms with E-state index in [1.54, 1.807) is 12.4 Å². The third-order valence-electron chi connectivity index (χ3n) is 2.86. The van der Waals surface area contributed by atoms with Crippen LogP contribution in [-0.4, -0.2) is 22.6 Å². The summed E-state index contributed by atoms with van der Waals surface area (Å²) in [5.74, 6) is 1.17. The van der Waals surface area contributed by atoms with E-state index >= 15 is 0 Å². The molecule has 1 aromatic heterocycles. The fourth-order valence-electron chi connectivity index (χ4n) is 1.94. The quantitative estimate of drug-likeness (QED) is 0.823. The Labute approximate surface area is 94.2 Å². The van der Waals surface area contributed by atoms with E-state index in [0.717, 1.165) is 13.0 Å². The van der Waals surface area contributed by atoms with Gasteiger partial charge in [-0.1, -0.05) is 18.0 Å². The van der Waals surface area contributed by atoms with Crippen LogP contribution in [0.5, 0.6) is 0 Å².